The molecule has 0 saturated carbocycles. The fourth-order valence-electron chi connectivity index (χ4n) is 3.97. The van der Waals surface area contributed by atoms with Crippen LogP contribution in [0.5, 0.6) is 0 Å². The number of para-hydroxylation sites is 2. The van der Waals surface area contributed by atoms with Gasteiger partial charge in [0.15, 0.2) is 0 Å². The van der Waals surface area contributed by atoms with Gasteiger partial charge in [0.05, 0.1) is 37.3 Å². The van der Waals surface area contributed by atoms with Crippen LogP contribution in [0.1, 0.15) is 45.4 Å². The van der Waals surface area contributed by atoms with E-state index in [-0.39, 0.29) is 0 Å². The molecule has 1 aliphatic heterocycles. The van der Waals surface area contributed by atoms with Crippen LogP contribution in [0.25, 0.3) is 11.0 Å². The average molecular weight is 390 g/mol. The zero-order valence-electron chi connectivity index (χ0n) is 17.4. The van der Waals surface area contributed by atoms with Crippen molar-refractivity contribution in [1.29, 1.82) is 5.41 Å². The molecule has 0 spiro atoms. The summed E-state index contributed by atoms with van der Waals surface area (Å²) in [6.45, 7) is 9.20. The SMILES string of the molecule is CCCCCCCCOCn1c(=N)n(CC[NH+]2CCOCC2)c2ccccc21. The monoisotopic (exact) mass is 389 g/mol. The van der Waals surface area contributed by atoms with Gasteiger partial charge in [0, 0.05) is 6.61 Å². The van der Waals surface area contributed by atoms with E-state index in [9.17, 15) is 0 Å². The van der Waals surface area contributed by atoms with Gasteiger partial charge in [-0.2, -0.15) is 0 Å². The lowest BCUT2D eigenvalue weighted by Gasteiger charge is -2.23. The van der Waals surface area contributed by atoms with E-state index >= 15 is 0 Å². The Bertz CT molecular complexity index is 761. The molecule has 2 aromatic rings. The number of imidazole rings is 1. The van der Waals surface area contributed by atoms with E-state index in [1.54, 1.807) is 4.90 Å². The molecular formula is C22H37N4O2+. The van der Waals surface area contributed by atoms with Gasteiger partial charge < -0.3 is 18.9 Å². The van der Waals surface area contributed by atoms with E-state index in [0.29, 0.717) is 12.3 Å². The number of quaternary nitrogens is 1. The van der Waals surface area contributed by atoms with Gasteiger partial charge >= 0.3 is 0 Å². The van der Waals surface area contributed by atoms with Crippen LogP contribution in [-0.4, -0.2) is 48.6 Å². The molecule has 156 valence electrons. The van der Waals surface area contributed by atoms with Crippen molar-refractivity contribution in [3.8, 4) is 0 Å². The first-order chi connectivity index (χ1) is 13.8. The number of nitrogens with zero attached hydrogens (tertiary/aromatic N) is 2. The first-order valence-corrected chi connectivity index (χ1v) is 11.0. The molecule has 1 saturated heterocycles. The van der Waals surface area contributed by atoms with Crippen LogP contribution in [-0.2, 0) is 22.7 Å². The fourth-order valence-corrected chi connectivity index (χ4v) is 3.97. The lowest BCUT2D eigenvalue weighted by Crippen LogP contribution is -3.14. The second-order valence-electron chi connectivity index (χ2n) is 7.81. The zero-order valence-corrected chi connectivity index (χ0v) is 17.4. The third-order valence-electron chi connectivity index (χ3n) is 5.73. The maximum atomic E-state index is 8.70. The third-order valence-corrected chi connectivity index (χ3v) is 5.73. The molecule has 6 nitrogen and oxygen atoms in total. The molecule has 0 aliphatic carbocycles. The van der Waals surface area contributed by atoms with Gasteiger partial charge in [-0.15, -0.1) is 0 Å². The Morgan fingerprint density at radius 3 is 2.43 bits per heavy atom. The van der Waals surface area contributed by atoms with Gasteiger partial charge in [0.25, 0.3) is 0 Å². The topological polar surface area (TPSA) is 56.6 Å². The first kappa shape index (κ1) is 21.1. The Kier molecular flexibility index (Phi) is 8.58. The van der Waals surface area contributed by atoms with E-state index in [1.165, 1.54) is 32.1 Å². The largest absolute Gasteiger partial charge is 0.370 e. The minimum atomic E-state index is 0.464. The molecule has 0 bridgehead atoms. The van der Waals surface area contributed by atoms with E-state index in [4.69, 9.17) is 14.9 Å². The number of nitrogens with one attached hydrogen (secondary N) is 2. The molecule has 0 atom stereocenters. The summed E-state index contributed by atoms with van der Waals surface area (Å²) in [4.78, 5) is 1.56. The van der Waals surface area contributed by atoms with E-state index in [1.807, 2.05) is 10.6 Å². The summed E-state index contributed by atoms with van der Waals surface area (Å²) in [6.07, 6.45) is 7.61. The molecule has 2 heterocycles. The van der Waals surface area contributed by atoms with Crippen LogP contribution in [0.2, 0.25) is 0 Å². The normalized spacial score (nSPS) is 15.5. The number of hydrogen-bond donors (Lipinski definition) is 2. The molecule has 2 N–H and O–H groups in total. The highest BCUT2D eigenvalue weighted by molar-refractivity contribution is 5.75. The third kappa shape index (κ3) is 5.69. The molecule has 0 amide bonds. The molecule has 3 rings (SSSR count). The molecule has 0 radical (unpaired) electrons. The number of morpholine rings is 1. The van der Waals surface area contributed by atoms with Crippen LogP contribution in [0.3, 0.4) is 0 Å². The summed E-state index contributed by atoms with van der Waals surface area (Å²) < 4.78 is 15.5. The van der Waals surface area contributed by atoms with Crippen molar-refractivity contribution in [2.75, 3.05) is 39.5 Å². The van der Waals surface area contributed by atoms with Crippen molar-refractivity contribution >= 4 is 11.0 Å². The molecule has 1 aromatic heterocycles. The molecule has 1 aromatic carbocycles. The van der Waals surface area contributed by atoms with Gasteiger partial charge in [-0.3, -0.25) is 9.98 Å². The highest BCUT2D eigenvalue weighted by Gasteiger charge is 2.16. The van der Waals surface area contributed by atoms with E-state index < -0.39 is 0 Å². The Balaban J connectivity index is 1.56. The predicted molar refractivity (Wildman–Crippen MR) is 111 cm³/mol. The lowest BCUT2D eigenvalue weighted by molar-refractivity contribution is -0.908. The zero-order chi connectivity index (χ0) is 19.6. The average Bonchev–Trinajstić information content (AvgIpc) is 3.00. The van der Waals surface area contributed by atoms with Gasteiger partial charge in [0.1, 0.15) is 19.8 Å². The molecule has 6 heteroatoms. The van der Waals surface area contributed by atoms with Crippen LogP contribution in [0, 0.1) is 5.41 Å². The first-order valence-electron chi connectivity index (χ1n) is 11.0. The highest BCUT2D eigenvalue weighted by Crippen LogP contribution is 2.13. The number of rotatable bonds is 12. The summed E-state index contributed by atoms with van der Waals surface area (Å²) >= 11 is 0. The predicted octanol–water partition coefficient (Wildman–Crippen LogP) is 2.17. The van der Waals surface area contributed by atoms with Crippen LogP contribution in [0.15, 0.2) is 24.3 Å². The van der Waals surface area contributed by atoms with Crippen molar-refractivity contribution in [2.24, 2.45) is 0 Å². The fraction of sp³-hybridized carbons (Fsp3) is 0.682. The Labute approximate surface area is 168 Å². The van der Waals surface area contributed by atoms with Gasteiger partial charge in [-0.25, -0.2) is 0 Å². The van der Waals surface area contributed by atoms with E-state index in [0.717, 1.165) is 63.5 Å². The van der Waals surface area contributed by atoms with Crippen LogP contribution in [0.4, 0.5) is 0 Å². The molecule has 0 unspecified atom stereocenters. The number of aromatic nitrogens is 2. The molecular weight excluding hydrogens is 352 g/mol. The maximum absolute atomic E-state index is 8.70. The van der Waals surface area contributed by atoms with Crippen LogP contribution >= 0.6 is 0 Å². The standard InChI is InChI=1S/C22H36N4O2/c1-2-3-4-5-6-9-16-28-19-26-21-11-8-7-10-20(21)25(22(26)23)13-12-24-14-17-27-18-15-24/h7-8,10-11,23H,2-6,9,12-19H2,1H3/p+1. The van der Waals surface area contributed by atoms with Crippen LogP contribution < -0.4 is 10.5 Å². The number of ether oxygens (including phenoxy) is 2. The summed E-state index contributed by atoms with van der Waals surface area (Å²) in [6, 6.07) is 8.32. The molecule has 1 fully saturated rings. The van der Waals surface area contributed by atoms with Crippen molar-refractivity contribution in [2.45, 2.75) is 58.7 Å². The molecule has 1 aliphatic rings. The minimum Gasteiger partial charge on any atom is -0.370 e. The number of unbranched alkanes of at least 4 members (excludes halogenated alkanes) is 5. The van der Waals surface area contributed by atoms with E-state index in [2.05, 4.69) is 29.7 Å². The Hall–Kier alpha value is -1.63. The summed E-state index contributed by atoms with van der Waals surface area (Å²) in [7, 11) is 0. The van der Waals surface area contributed by atoms with Crippen molar-refractivity contribution in [3.63, 3.8) is 0 Å². The Morgan fingerprint density at radius 1 is 1.00 bits per heavy atom. The number of benzene rings is 1. The molecule has 28 heavy (non-hydrogen) atoms. The quantitative estimate of drug-likeness (QED) is 0.547. The lowest BCUT2D eigenvalue weighted by atomic mass is 10.1. The summed E-state index contributed by atoms with van der Waals surface area (Å²) in [5, 5.41) is 8.70. The maximum Gasteiger partial charge on any atom is 0.205 e. The summed E-state index contributed by atoms with van der Waals surface area (Å²) in [5.41, 5.74) is 2.76. The van der Waals surface area contributed by atoms with Gasteiger partial charge in [0.2, 0.25) is 5.62 Å². The second kappa shape index (κ2) is 11.4. The number of hydrogen-bond acceptors (Lipinski definition) is 3. The minimum absolute atomic E-state index is 0.464. The van der Waals surface area contributed by atoms with Gasteiger partial charge in [-0.05, 0) is 18.6 Å². The Morgan fingerprint density at radius 2 is 1.68 bits per heavy atom. The van der Waals surface area contributed by atoms with Crippen molar-refractivity contribution in [1.82, 2.24) is 9.13 Å². The summed E-state index contributed by atoms with van der Waals surface area (Å²) in [5.74, 6) is 0. The smallest absolute Gasteiger partial charge is 0.205 e. The van der Waals surface area contributed by atoms with Crippen molar-refractivity contribution in [3.05, 3.63) is 29.9 Å². The number of fused-ring (bicyclic) bond motifs is 1. The van der Waals surface area contributed by atoms with Gasteiger partial charge in [-0.1, -0.05) is 51.2 Å². The highest BCUT2D eigenvalue weighted by atomic mass is 16.5. The second-order valence-corrected chi connectivity index (χ2v) is 7.81. The van der Waals surface area contributed by atoms with Crippen molar-refractivity contribution < 1.29 is 14.4 Å².